The topological polar surface area (TPSA) is 64.4 Å². The van der Waals surface area contributed by atoms with Gasteiger partial charge in [-0.1, -0.05) is 13.8 Å². The summed E-state index contributed by atoms with van der Waals surface area (Å²) in [6.45, 7) is 4.99. The first-order chi connectivity index (χ1) is 8.63. The number of ether oxygens (including phenoxy) is 1. The van der Waals surface area contributed by atoms with Gasteiger partial charge in [-0.05, 0) is 25.2 Å². The maximum absolute atomic E-state index is 11.7. The first-order valence-electron chi connectivity index (χ1n) is 6.49. The summed E-state index contributed by atoms with van der Waals surface area (Å²) in [5.41, 5.74) is 0.873. The maximum Gasteiger partial charge on any atom is 0.301 e. The van der Waals surface area contributed by atoms with Crippen LogP contribution in [0.15, 0.2) is 10.7 Å². The summed E-state index contributed by atoms with van der Waals surface area (Å²) >= 11 is 0. The van der Waals surface area contributed by atoms with Gasteiger partial charge in [0.05, 0.1) is 18.2 Å². The Balaban J connectivity index is 1.81. The molecule has 100 valence electrons. The monoisotopic (exact) mass is 252 g/mol. The summed E-state index contributed by atoms with van der Waals surface area (Å²) in [4.78, 5) is 15.9. The fourth-order valence-corrected chi connectivity index (χ4v) is 2.06. The Morgan fingerprint density at radius 1 is 1.61 bits per heavy atom. The van der Waals surface area contributed by atoms with Crippen molar-refractivity contribution in [1.82, 2.24) is 4.98 Å². The molecule has 0 saturated carbocycles. The molecule has 1 aliphatic heterocycles. The molecule has 0 spiro atoms. The molecule has 0 aliphatic carbocycles. The van der Waals surface area contributed by atoms with Crippen LogP contribution in [-0.4, -0.2) is 23.6 Å². The fourth-order valence-electron chi connectivity index (χ4n) is 2.06. The third kappa shape index (κ3) is 3.84. The Kier molecular flexibility index (Phi) is 4.36. The van der Waals surface area contributed by atoms with Crippen molar-refractivity contribution in [2.24, 2.45) is 5.92 Å². The van der Waals surface area contributed by atoms with Crippen molar-refractivity contribution in [1.29, 1.82) is 0 Å². The summed E-state index contributed by atoms with van der Waals surface area (Å²) < 4.78 is 10.6. The zero-order valence-corrected chi connectivity index (χ0v) is 10.9. The van der Waals surface area contributed by atoms with E-state index in [1.54, 1.807) is 6.26 Å². The minimum absolute atomic E-state index is 0.0510. The first kappa shape index (κ1) is 13.1. The van der Waals surface area contributed by atoms with Crippen molar-refractivity contribution >= 4 is 11.9 Å². The molecule has 1 atom stereocenters. The van der Waals surface area contributed by atoms with Crippen molar-refractivity contribution in [3.05, 3.63) is 12.0 Å². The molecular weight excluding hydrogens is 232 g/mol. The van der Waals surface area contributed by atoms with Gasteiger partial charge in [-0.3, -0.25) is 10.1 Å². The van der Waals surface area contributed by atoms with Gasteiger partial charge in [0.25, 0.3) is 0 Å². The van der Waals surface area contributed by atoms with E-state index in [4.69, 9.17) is 9.15 Å². The van der Waals surface area contributed by atoms with Crippen LogP contribution in [0, 0.1) is 5.92 Å². The van der Waals surface area contributed by atoms with E-state index < -0.39 is 0 Å². The number of hydrogen-bond donors (Lipinski definition) is 1. The number of hydrogen-bond acceptors (Lipinski definition) is 4. The van der Waals surface area contributed by atoms with Gasteiger partial charge in [0, 0.05) is 6.61 Å². The third-order valence-electron chi connectivity index (χ3n) is 2.85. The molecule has 2 rings (SSSR count). The van der Waals surface area contributed by atoms with Crippen LogP contribution in [0.2, 0.25) is 0 Å². The molecule has 1 aromatic heterocycles. The minimum Gasteiger partial charge on any atom is -0.432 e. The molecule has 1 unspecified atom stereocenters. The standard InChI is InChI=1S/C13H20N2O3/c1-9(2)6-10-8-18-13(14-10)15-12(16)7-11-4-3-5-17-11/h8-9,11H,3-7H2,1-2H3,(H,14,15,16). The van der Waals surface area contributed by atoms with E-state index in [1.165, 1.54) is 0 Å². The highest BCUT2D eigenvalue weighted by molar-refractivity contribution is 5.88. The summed E-state index contributed by atoms with van der Waals surface area (Å²) in [6, 6.07) is 0.286. The summed E-state index contributed by atoms with van der Waals surface area (Å²) in [5, 5.41) is 2.67. The minimum atomic E-state index is -0.0974. The molecule has 0 bridgehead atoms. The van der Waals surface area contributed by atoms with Crippen LogP contribution >= 0.6 is 0 Å². The Morgan fingerprint density at radius 2 is 2.44 bits per heavy atom. The molecule has 5 heteroatoms. The largest absolute Gasteiger partial charge is 0.432 e. The fraction of sp³-hybridized carbons (Fsp3) is 0.692. The molecule has 1 N–H and O–H groups in total. The number of amides is 1. The van der Waals surface area contributed by atoms with Gasteiger partial charge in [-0.15, -0.1) is 0 Å². The lowest BCUT2D eigenvalue weighted by atomic mass is 10.1. The molecular formula is C13H20N2O3. The average Bonchev–Trinajstić information content (AvgIpc) is 2.89. The van der Waals surface area contributed by atoms with Gasteiger partial charge in [0.1, 0.15) is 6.26 Å². The molecule has 0 radical (unpaired) electrons. The predicted octanol–water partition coefficient (Wildman–Crippen LogP) is 2.38. The van der Waals surface area contributed by atoms with E-state index >= 15 is 0 Å². The quantitative estimate of drug-likeness (QED) is 0.873. The number of nitrogens with zero attached hydrogens (tertiary/aromatic N) is 1. The van der Waals surface area contributed by atoms with Crippen LogP contribution < -0.4 is 5.32 Å². The molecule has 1 amide bonds. The molecule has 2 heterocycles. The van der Waals surface area contributed by atoms with Crippen molar-refractivity contribution in [3.8, 4) is 0 Å². The lowest BCUT2D eigenvalue weighted by Gasteiger charge is -2.07. The Morgan fingerprint density at radius 3 is 3.11 bits per heavy atom. The van der Waals surface area contributed by atoms with Gasteiger partial charge in [0.15, 0.2) is 0 Å². The Bertz CT molecular complexity index is 395. The highest BCUT2D eigenvalue weighted by Gasteiger charge is 2.20. The van der Waals surface area contributed by atoms with E-state index in [0.29, 0.717) is 12.3 Å². The number of anilines is 1. The Labute approximate surface area is 107 Å². The van der Waals surface area contributed by atoms with Crippen LogP contribution in [0.4, 0.5) is 6.01 Å². The SMILES string of the molecule is CC(C)Cc1coc(NC(=O)CC2CCCO2)n1. The number of aromatic nitrogens is 1. The number of rotatable bonds is 5. The van der Waals surface area contributed by atoms with Crippen LogP contribution in [-0.2, 0) is 16.0 Å². The van der Waals surface area contributed by atoms with E-state index in [2.05, 4.69) is 24.1 Å². The predicted molar refractivity (Wildman–Crippen MR) is 67.3 cm³/mol. The normalized spacial score (nSPS) is 19.4. The number of nitrogens with one attached hydrogen (secondary N) is 1. The molecule has 1 fully saturated rings. The smallest absolute Gasteiger partial charge is 0.301 e. The van der Waals surface area contributed by atoms with E-state index in [0.717, 1.165) is 31.6 Å². The van der Waals surface area contributed by atoms with Crippen molar-refractivity contribution in [2.75, 3.05) is 11.9 Å². The van der Waals surface area contributed by atoms with Gasteiger partial charge < -0.3 is 9.15 Å². The van der Waals surface area contributed by atoms with E-state index in [9.17, 15) is 4.79 Å². The number of carbonyl (C=O) groups excluding carboxylic acids is 1. The zero-order chi connectivity index (χ0) is 13.0. The summed E-state index contributed by atoms with van der Waals surface area (Å²) in [6.07, 6.45) is 4.87. The number of carbonyl (C=O) groups is 1. The van der Waals surface area contributed by atoms with Gasteiger partial charge in [0.2, 0.25) is 5.91 Å². The van der Waals surface area contributed by atoms with Gasteiger partial charge >= 0.3 is 6.01 Å². The first-order valence-corrected chi connectivity index (χ1v) is 6.49. The molecule has 1 saturated heterocycles. The maximum atomic E-state index is 11.7. The van der Waals surface area contributed by atoms with E-state index in [-0.39, 0.29) is 18.0 Å². The van der Waals surface area contributed by atoms with Crippen molar-refractivity contribution in [3.63, 3.8) is 0 Å². The zero-order valence-electron chi connectivity index (χ0n) is 10.9. The summed E-state index contributed by atoms with van der Waals surface area (Å²) in [7, 11) is 0. The third-order valence-corrected chi connectivity index (χ3v) is 2.85. The highest BCUT2D eigenvalue weighted by atomic mass is 16.5. The summed E-state index contributed by atoms with van der Waals surface area (Å²) in [5.74, 6) is 0.422. The second-order valence-corrected chi connectivity index (χ2v) is 5.13. The lowest BCUT2D eigenvalue weighted by Crippen LogP contribution is -2.19. The average molecular weight is 252 g/mol. The van der Waals surface area contributed by atoms with Gasteiger partial charge in [-0.25, -0.2) is 0 Å². The molecule has 5 nitrogen and oxygen atoms in total. The van der Waals surface area contributed by atoms with Crippen molar-refractivity contribution < 1.29 is 13.9 Å². The number of oxazole rings is 1. The highest BCUT2D eigenvalue weighted by Crippen LogP contribution is 2.17. The lowest BCUT2D eigenvalue weighted by molar-refractivity contribution is -0.118. The molecule has 1 aromatic rings. The van der Waals surface area contributed by atoms with Crippen LogP contribution in [0.5, 0.6) is 0 Å². The second-order valence-electron chi connectivity index (χ2n) is 5.13. The van der Waals surface area contributed by atoms with Crippen molar-refractivity contribution in [2.45, 2.75) is 45.6 Å². The molecule has 18 heavy (non-hydrogen) atoms. The van der Waals surface area contributed by atoms with Crippen LogP contribution in [0.3, 0.4) is 0 Å². The van der Waals surface area contributed by atoms with E-state index in [1.807, 2.05) is 0 Å². The van der Waals surface area contributed by atoms with Gasteiger partial charge in [-0.2, -0.15) is 4.98 Å². The molecule has 1 aliphatic rings. The molecule has 0 aromatic carbocycles. The van der Waals surface area contributed by atoms with Crippen LogP contribution in [0.25, 0.3) is 0 Å². The second kappa shape index (κ2) is 6.00. The Hall–Kier alpha value is -1.36. The van der Waals surface area contributed by atoms with Crippen LogP contribution in [0.1, 0.15) is 38.8 Å².